The number of aryl methyl sites for hydroxylation is 1. The molecule has 2 aromatic carbocycles. The minimum Gasteiger partial charge on any atom is -0.489 e. The van der Waals surface area contributed by atoms with E-state index in [1.165, 1.54) is 5.56 Å². The van der Waals surface area contributed by atoms with Crippen LogP contribution in [0.1, 0.15) is 23.0 Å². The number of pyridine rings is 1. The third kappa shape index (κ3) is 4.69. The first-order valence-electron chi connectivity index (χ1n) is 8.91. The second kappa shape index (κ2) is 8.57. The van der Waals surface area contributed by atoms with Gasteiger partial charge in [-0.25, -0.2) is 0 Å². The number of hydrogen-bond donors (Lipinski definition) is 0. The molecule has 1 aromatic heterocycles. The topological polar surface area (TPSA) is 40.6 Å². The molecular formula is C22H21NO3S. The minimum absolute atomic E-state index is 0.316. The van der Waals surface area contributed by atoms with Gasteiger partial charge in [0.15, 0.2) is 6.29 Å². The van der Waals surface area contributed by atoms with E-state index >= 15 is 0 Å². The predicted octanol–water partition coefficient (Wildman–Crippen LogP) is 5.17. The van der Waals surface area contributed by atoms with Gasteiger partial charge in [-0.05, 0) is 48.4 Å². The standard InChI is InChI=1S/C22H21NO3S/c1-16-3-2-4-18(13-16)26-15-17-5-7-19(8-6-17)27-21-9-10-23-14-20(21)22-24-11-12-25-22/h2-10,13-14,22H,11-12,15H2,1H3. The van der Waals surface area contributed by atoms with E-state index in [0.29, 0.717) is 19.8 Å². The Kier molecular flexibility index (Phi) is 5.72. The third-order valence-electron chi connectivity index (χ3n) is 4.23. The van der Waals surface area contributed by atoms with Crippen molar-refractivity contribution in [2.45, 2.75) is 29.6 Å². The first kappa shape index (κ1) is 18.0. The van der Waals surface area contributed by atoms with Gasteiger partial charge in [0, 0.05) is 27.7 Å². The summed E-state index contributed by atoms with van der Waals surface area (Å²) in [5.41, 5.74) is 3.31. The van der Waals surface area contributed by atoms with Gasteiger partial charge in [0.2, 0.25) is 0 Å². The fraction of sp³-hybridized carbons (Fsp3) is 0.227. The monoisotopic (exact) mass is 379 g/mol. The van der Waals surface area contributed by atoms with Crippen molar-refractivity contribution in [2.24, 2.45) is 0 Å². The SMILES string of the molecule is Cc1cccc(OCc2ccc(Sc3ccncc3C3OCCO3)cc2)c1. The van der Waals surface area contributed by atoms with Gasteiger partial charge in [-0.2, -0.15) is 0 Å². The Balaban J connectivity index is 1.41. The van der Waals surface area contributed by atoms with Crippen molar-refractivity contribution in [1.29, 1.82) is 0 Å². The molecule has 0 unspecified atom stereocenters. The summed E-state index contributed by atoms with van der Waals surface area (Å²) in [6.45, 7) is 3.87. The zero-order valence-electron chi connectivity index (χ0n) is 15.1. The first-order valence-corrected chi connectivity index (χ1v) is 9.73. The fourth-order valence-electron chi connectivity index (χ4n) is 2.85. The van der Waals surface area contributed by atoms with Gasteiger partial charge >= 0.3 is 0 Å². The van der Waals surface area contributed by atoms with E-state index in [0.717, 1.165) is 26.7 Å². The maximum Gasteiger partial charge on any atom is 0.186 e. The Morgan fingerprint density at radius 2 is 1.89 bits per heavy atom. The van der Waals surface area contributed by atoms with Crippen LogP contribution in [0.3, 0.4) is 0 Å². The highest BCUT2D eigenvalue weighted by molar-refractivity contribution is 7.99. The summed E-state index contributed by atoms with van der Waals surface area (Å²) in [5.74, 6) is 0.895. The summed E-state index contributed by atoms with van der Waals surface area (Å²) in [7, 11) is 0. The molecule has 138 valence electrons. The van der Waals surface area contributed by atoms with Crippen molar-refractivity contribution < 1.29 is 14.2 Å². The van der Waals surface area contributed by atoms with E-state index in [1.54, 1.807) is 18.0 Å². The Bertz CT molecular complexity index is 892. The number of ether oxygens (including phenoxy) is 3. The van der Waals surface area contributed by atoms with Crippen LogP contribution in [-0.4, -0.2) is 18.2 Å². The molecule has 0 spiro atoms. The summed E-state index contributed by atoms with van der Waals surface area (Å²) in [4.78, 5) is 6.47. The van der Waals surface area contributed by atoms with E-state index < -0.39 is 0 Å². The van der Waals surface area contributed by atoms with E-state index in [-0.39, 0.29) is 6.29 Å². The zero-order chi connectivity index (χ0) is 18.5. The van der Waals surface area contributed by atoms with E-state index in [1.807, 2.05) is 30.5 Å². The van der Waals surface area contributed by atoms with Crippen LogP contribution >= 0.6 is 11.8 Å². The molecule has 0 bridgehead atoms. The number of benzene rings is 2. The Morgan fingerprint density at radius 3 is 2.67 bits per heavy atom. The molecule has 0 saturated carbocycles. The van der Waals surface area contributed by atoms with Crippen LogP contribution in [0.4, 0.5) is 0 Å². The highest BCUT2D eigenvalue weighted by Crippen LogP contribution is 2.35. The van der Waals surface area contributed by atoms with Crippen molar-refractivity contribution in [3.8, 4) is 5.75 Å². The number of rotatable bonds is 6. The van der Waals surface area contributed by atoms with Crippen molar-refractivity contribution in [2.75, 3.05) is 13.2 Å². The van der Waals surface area contributed by atoms with Crippen LogP contribution in [0.2, 0.25) is 0 Å². The molecular weight excluding hydrogens is 358 g/mol. The molecule has 5 heteroatoms. The molecule has 1 aliphatic rings. The lowest BCUT2D eigenvalue weighted by Gasteiger charge is -2.13. The lowest BCUT2D eigenvalue weighted by molar-refractivity contribution is -0.0462. The molecule has 3 aromatic rings. The van der Waals surface area contributed by atoms with Gasteiger partial charge in [-0.3, -0.25) is 4.98 Å². The lowest BCUT2D eigenvalue weighted by Crippen LogP contribution is -2.00. The molecule has 1 saturated heterocycles. The second-order valence-corrected chi connectivity index (χ2v) is 7.45. The molecule has 0 N–H and O–H groups in total. The van der Waals surface area contributed by atoms with Crippen molar-refractivity contribution in [3.05, 3.63) is 83.7 Å². The Hall–Kier alpha value is -2.34. The van der Waals surface area contributed by atoms with Crippen molar-refractivity contribution >= 4 is 11.8 Å². The van der Waals surface area contributed by atoms with E-state index in [9.17, 15) is 0 Å². The average Bonchev–Trinajstić information content (AvgIpc) is 3.23. The summed E-state index contributed by atoms with van der Waals surface area (Å²) >= 11 is 1.69. The molecule has 1 aliphatic heterocycles. The summed E-state index contributed by atoms with van der Waals surface area (Å²) in [6.07, 6.45) is 3.30. The van der Waals surface area contributed by atoms with Crippen LogP contribution in [0.5, 0.6) is 5.75 Å². The fourth-order valence-corrected chi connectivity index (χ4v) is 3.78. The summed E-state index contributed by atoms with van der Waals surface area (Å²) in [6, 6.07) is 18.5. The molecule has 0 atom stereocenters. The Morgan fingerprint density at radius 1 is 1.07 bits per heavy atom. The number of aromatic nitrogens is 1. The van der Waals surface area contributed by atoms with Crippen LogP contribution in [0.15, 0.2) is 76.8 Å². The van der Waals surface area contributed by atoms with Crippen LogP contribution in [0, 0.1) is 6.92 Å². The molecule has 4 rings (SSSR count). The van der Waals surface area contributed by atoms with Gasteiger partial charge in [-0.15, -0.1) is 0 Å². The predicted molar refractivity (Wildman–Crippen MR) is 105 cm³/mol. The molecule has 0 aliphatic carbocycles. The lowest BCUT2D eigenvalue weighted by atomic mass is 10.2. The van der Waals surface area contributed by atoms with Gasteiger partial charge < -0.3 is 14.2 Å². The highest BCUT2D eigenvalue weighted by Gasteiger charge is 2.21. The van der Waals surface area contributed by atoms with Crippen LogP contribution in [0.25, 0.3) is 0 Å². The average molecular weight is 379 g/mol. The molecule has 4 nitrogen and oxygen atoms in total. The first-order chi connectivity index (χ1) is 13.3. The van der Waals surface area contributed by atoms with Crippen LogP contribution < -0.4 is 4.74 Å². The third-order valence-corrected chi connectivity index (χ3v) is 5.33. The minimum atomic E-state index is -0.316. The molecule has 0 radical (unpaired) electrons. The summed E-state index contributed by atoms with van der Waals surface area (Å²) in [5, 5.41) is 0. The van der Waals surface area contributed by atoms with Gasteiger partial charge in [0.25, 0.3) is 0 Å². The number of hydrogen-bond acceptors (Lipinski definition) is 5. The van der Waals surface area contributed by atoms with Gasteiger partial charge in [-0.1, -0.05) is 36.0 Å². The van der Waals surface area contributed by atoms with Crippen LogP contribution in [-0.2, 0) is 16.1 Å². The van der Waals surface area contributed by atoms with Gasteiger partial charge in [0.1, 0.15) is 12.4 Å². The summed E-state index contributed by atoms with van der Waals surface area (Å²) < 4.78 is 17.1. The largest absolute Gasteiger partial charge is 0.489 e. The quantitative estimate of drug-likeness (QED) is 0.591. The Labute approximate surface area is 163 Å². The van der Waals surface area contributed by atoms with Crippen molar-refractivity contribution in [3.63, 3.8) is 0 Å². The number of nitrogens with zero attached hydrogens (tertiary/aromatic N) is 1. The molecule has 0 amide bonds. The maximum absolute atomic E-state index is 5.87. The molecule has 2 heterocycles. The molecule has 1 fully saturated rings. The second-order valence-electron chi connectivity index (χ2n) is 6.34. The smallest absolute Gasteiger partial charge is 0.186 e. The normalized spacial score (nSPS) is 14.4. The van der Waals surface area contributed by atoms with E-state index in [2.05, 4.69) is 42.2 Å². The highest BCUT2D eigenvalue weighted by atomic mass is 32.2. The molecule has 27 heavy (non-hydrogen) atoms. The zero-order valence-corrected chi connectivity index (χ0v) is 15.9. The van der Waals surface area contributed by atoms with E-state index in [4.69, 9.17) is 14.2 Å². The maximum atomic E-state index is 5.87. The van der Waals surface area contributed by atoms with Crippen molar-refractivity contribution in [1.82, 2.24) is 4.98 Å². The van der Waals surface area contributed by atoms with Gasteiger partial charge in [0.05, 0.1) is 13.2 Å².